The number of fused-ring (bicyclic) bond motifs is 1. The summed E-state index contributed by atoms with van der Waals surface area (Å²) in [6.45, 7) is 6.86. The summed E-state index contributed by atoms with van der Waals surface area (Å²) in [5.41, 5.74) is 3.80. The highest BCUT2D eigenvalue weighted by Gasteiger charge is 2.47. The van der Waals surface area contributed by atoms with Gasteiger partial charge >= 0.3 is 0 Å². The van der Waals surface area contributed by atoms with Crippen LogP contribution in [0.15, 0.2) is 22.8 Å². The number of carbonyl (C=O) groups excluding carboxylic acids is 1. The number of ketones is 1. The largest absolute Gasteiger partial charge is 0.290 e. The fourth-order valence-electron chi connectivity index (χ4n) is 3.64. The Hall–Kier alpha value is 0.110. The number of rotatable bonds is 2. The zero-order valence-corrected chi connectivity index (χ0v) is 14.4. The Morgan fingerprint density at radius 3 is 2.39 bits per heavy atom. The third kappa shape index (κ3) is 2.07. The fraction of sp³-hybridized carbons (Fsp3) is 0.667. The van der Waals surface area contributed by atoms with Crippen LogP contribution in [0.4, 0.5) is 0 Å². The van der Waals surface area contributed by atoms with E-state index in [4.69, 9.17) is 0 Å². The fourth-order valence-corrected chi connectivity index (χ4v) is 5.21. The maximum atomic E-state index is 12.3. The second-order valence-corrected chi connectivity index (χ2v) is 7.34. The third-order valence-corrected chi connectivity index (χ3v) is 5.79. The number of hydrogen-bond donors (Lipinski definition) is 0. The molecule has 0 bridgehead atoms. The molecule has 100 valence electrons. The number of allylic oxidation sites excluding steroid dienone is 4. The Bertz CT molecular complexity index is 445. The Morgan fingerprint density at radius 1 is 1.17 bits per heavy atom. The van der Waals surface area contributed by atoms with Gasteiger partial charge in [-0.05, 0) is 29.9 Å². The number of carbonyl (C=O) groups is 1. The first-order chi connectivity index (χ1) is 8.36. The standard InChI is InChI=1S/C15H20Br2O/c1-14(2)5-4-6-15(3)11(9-17)10(8-16)12(18)7-13(14)15/h7H,4-6,8-9H2,1-3H3. The van der Waals surface area contributed by atoms with Crippen LogP contribution in [0.5, 0.6) is 0 Å². The van der Waals surface area contributed by atoms with Gasteiger partial charge in [0.1, 0.15) is 0 Å². The molecule has 0 spiro atoms. The molecule has 0 N–H and O–H groups in total. The minimum Gasteiger partial charge on any atom is -0.290 e. The Balaban J connectivity index is 2.60. The van der Waals surface area contributed by atoms with E-state index < -0.39 is 0 Å². The summed E-state index contributed by atoms with van der Waals surface area (Å²) < 4.78 is 0. The Kier molecular flexibility index (Phi) is 3.95. The molecule has 0 aromatic carbocycles. The van der Waals surface area contributed by atoms with Crippen LogP contribution in [0.25, 0.3) is 0 Å². The highest BCUT2D eigenvalue weighted by molar-refractivity contribution is 9.09. The highest BCUT2D eigenvalue weighted by atomic mass is 79.9. The van der Waals surface area contributed by atoms with Crippen molar-refractivity contribution in [1.82, 2.24) is 0 Å². The van der Waals surface area contributed by atoms with Crippen LogP contribution < -0.4 is 0 Å². The molecule has 0 radical (unpaired) electrons. The van der Waals surface area contributed by atoms with Crippen LogP contribution in [0.3, 0.4) is 0 Å². The Labute approximate surface area is 126 Å². The van der Waals surface area contributed by atoms with E-state index in [1.165, 1.54) is 24.0 Å². The molecule has 0 aliphatic heterocycles. The van der Waals surface area contributed by atoms with Crippen molar-refractivity contribution in [2.45, 2.75) is 40.0 Å². The van der Waals surface area contributed by atoms with Gasteiger partial charge in [0.05, 0.1) is 0 Å². The number of alkyl halides is 2. The molecule has 2 rings (SSSR count). The van der Waals surface area contributed by atoms with E-state index in [0.717, 1.165) is 17.3 Å². The predicted molar refractivity (Wildman–Crippen MR) is 83.4 cm³/mol. The van der Waals surface area contributed by atoms with Gasteiger partial charge in [-0.3, -0.25) is 4.79 Å². The molecule has 0 aromatic heterocycles. The van der Waals surface area contributed by atoms with E-state index in [2.05, 4.69) is 52.6 Å². The molecule has 0 saturated heterocycles. The third-order valence-electron chi connectivity index (χ3n) is 4.67. The minimum absolute atomic E-state index is 0.0717. The lowest BCUT2D eigenvalue weighted by Crippen LogP contribution is -2.40. The first-order valence-corrected chi connectivity index (χ1v) is 8.72. The van der Waals surface area contributed by atoms with Gasteiger partial charge in [-0.15, -0.1) is 0 Å². The van der Waals surface area contributed by atoms with Crippen LogP contribution in [0.1, 0.15) is 40.0 Å². The van der Waals surface area contributed by atoms with Crippen molar-refractivity contribution < 1.29 is 4.79 Å². The zero-order valence-electron chi connectivity index (χ0n) is 11.3. The van der Waals surface area contributed by atoms with Crippen molar-refractivity contribution in [3.63, 3.8) is 0 Å². The van der Waals surface area contributed by atoms with Crippen LogP contribution in [-0.4, -0.2) is 16.4 Å². The average Bonchev–Trinajstić information content (AvgIpc) is 2.29. The van der Waals surface area contributed by atoms with Gasteiger partial charge in [-0.2, -0.15) is 0 Å². The Morgan fingerprint density at radius 2 is 1.83 bits per heavy atom. The van der Waals surface area contributed by atoms with E-state index in [-0.39, 0.29) is 16.6 Å². The van der Waals surface area contributed by atoms with Crippen molar-refractivity contribution in [1.29, 1.82) is 0 Å². The summed E-state index contributed by atoms with van der Waals surface area (Å²) in [4.78, 5) is 12.3. The van der Waals surface area contributed by atoms with E-state index in [0.29, 0.717) is 5.33 Å². The van der Waals surface area contributed by atoms with E-state index in [1.807, 2.05) is 6.08 Å². The maximum absolute atomic E-state index is 12.3. The molecular formula is C15H20Br2O. The van der Waals surface area contributed by atoms with Gasteiger partial charge in [0.25, 0.3) is 0 Å². The van der Waals surface area contributed by atoms with Gasteiger partial charge in [0.2, 0.25) is 0 Å². The quantitative estimate of drug-likeness (QED) is 0.633. The predicted octanol–water partition coefficient (Wildman–Crippen LogP) is 4.80. The molecule has 1 unspecified atom stereocenters. The summed E-state index contributed by atoms with van der Waals surface area (Å²) in [6.07, 6.45) is 5.50. The van der Waals surface area contributed by atoms with Crippen LogP contribution in [0.2, 0.25) is 0 Å². The van der Waals surface area contributed by atoms with Gasteiger partial charge < -0.3 is 0 Å². The van der Waals surface area contributed by atoms with Gasteiger partial charge in [0.15, 0.2) is 5.78 Å². The molecule has 2 aliphatic rings. The summed E-state index contributed by atoms with van der Waals surface area (Å²) >= 11 is 7.07. The first kappa shape index (κ1) is 14.5. The van der Waals surface area contributed by atoms with E-state index in [1.54, 1.807) is 0 Å². The van der Waals surface area contributed by atoms with E-state index in [9.17, 15) is 4.79 Å². The lowest BCUT2D eigenvalue weighted by molar-refractivity contribution is -0.111. The van der Waals surface area contributed by atoms with Crippen LogP contribution >= 0.6 is 31.9 Å². The summed E-state index contributed by atoms with van der Waals surface area (Å²) in [5.74, 6) is 0.198. The van der Waals surface area contributed by atoms with Crippen molar-refractivity contribution >= 4 is 37.6 Å². The SMILES string of the molecule is CC1(C)CCCC2(C)C1=CC(=O)C(CBr)=C2CBr. The molecule has 1 fully saturated rings. The molecule has 1 saturated carbocycles. The molecular weight excluding hydrogens is 356 g/mol. The van der Waals surface area contributed by atoms with Crippen LogP contribution in [-0.2, 0) is 4.79 Å². The van der Waals surface area contributed by atoms with Gasteiger partial charge in [-0.25, -0.2) is 0 Å². The molecule has 0 amide bonds. The molecule has 0 heterocycles. The second kappa shape index (κ2) is 4.90. The highest BCUT2D eigenvalue weighted by Crippen LogP contribution is 2.56. The summed E-state index contributed by atoms with van der Waals surface area (Å²) in [6, 6.07) is 0. The average molecular weight is 376 g/mol. The number of halogens is 2. The van der Waals surface area contributed by atoms with E-state index >= 15 is 0 Å². The normalized spacial score (nSPS) is 31.2. The molecule has 1 atom stereocenters. The smallest absolute Gasteiger partial charge is 0.182 e. The van der Waals surface area contributed by atoms with Crippen molar-refractivity contribution in [3.05, 3.63) is 22.8 Å². The summed E-state index contributed by atoms with van der Waals surface area (Å²) in [7, 11) is 0. The van der Waals surface area contributed by atoms with Crippen LogP contribution in [0, 0.1) is 10.8 Å². The monoisotopic (exact) mass is 374 g/mol. The van der Waals surface area contributed by atoms with Crippen molar-refractivity contribution in [2.75, 3.05) is 10.7 Å². The molecule has 18 heavy (non-hydrogen) atoms. The lowest BCUT2D eigenvalue weighted by Gasteiger charge is -2.49. The van der Waals surface area contributed by atoms with Gasteiger partial charge in [-0.1, -0.05) is 64.6 Å². The summed E-state index contributed by atoms with van der Waals surface area (Å²) in [5, 5.41) is 1.45. The molecule has 2 aliphatic carbocycles. The molecule has 0 aromatic rings. The second-order valence-electron chi connectivity index (χ2n) is 6.22. The topological polar surface area (TPSA) is 17.1 Å². The minimum atomic E-state index is 0.0717. The maximum Gasteiger partial charge on any atom is 0.182 e. The molecule has 1 nitrogen and oxygen atoms in total. The number of hydrogen-bond acceptors (Lipinski definition) is 1. The van der Waals surface area contributed by atoms with Crippen molar-refractivity contribution in [3.8, 4) is 0 Å². The lowest BCUT2D eigenvalue weighted by atomic mass is 9.55. The van der Waals surface area contributed by atoms with Gasteiger partial charge in [0, 0.05) is 21.6 Å². The van der Waals surface area contributed by atoms with Crippen molar-refractivity contribution in [2.24, 2.45) is 10.8 Å². The first-order valence-electron chi connectivity index (χ1n) is 6.48. The zero-order chi connectivity index (χ0) is 13.6. The molecule has 3 heteroatoms.